The van der Waals surface area contributed by atoms with Gasteiger partial charge in [0.05, 0.1) is 18.3 Å². The highest BCUT2D eigenvalue weighted by Crippen LogP contribution is 2.38. The van der Waals surface area contributed by atoms with Crippen LogP contribution >= 0.6 is 0 Å². The highest BCUT2D eigenvalue weighted by Gasteiger charge is 2.23. The molecule has 3 aliphatic heterocycles. The maximum Gasteiger partial charge on any atom is 0.167 e. The van der Waals surface area contributed by atoms with Crippen molar-refractivity contribution < 1.29 is 9.13 Å². The van der Waals surface area contributed by atoms with E-state index in [2.05, 4.69) is 23.0 Å². The van der Waals surface area contributed by atoms with Crippen LogP contribution in [0.4, 0.5) is 10.2 Å². The van der Waals surface area contributed by atoms with Gasteiger partial charge in [0.25, 0.3) is 0 Å². The normalized spacial score (nSPS) is 15.0. The standard InChI is InChI=1S/C21H22FN5O/c1-3-26-12-16-14-10-13(28-2)4-5-18(14)24-19(16)15-11-17(22)21(25-20(15)26)27-8-6-23-7-9-27/h4-5,10-12,23H,3,6-9H2,1-2H3. The topological polar surface area (TPSA) is 55.2 Å². The molecule has 7 heteroatoms. The quantitative estimate of drug-likeness (QED) is 0.592. The number of benzene rings is 1. The minimum Gasteiger partial charge on any atom is -0.497 e. The number of methoxy groups -OCH3 is 1. The fourth-order valence-corrected chi connectivity index (χ4v) is 4.02. The molecule has 3 aliphatic rings. The van der Waals surface area contributed by atoms with Crippen molar-refractivity contribution in [3.8, 4) is 17.0 Å². The number of rotatable bonds is 3. The number of pyridine rings is 2. The average molecular weight is 379 g/mol. The zero-order valence-electron chi connectivity index (χ0n) is 16.0. The van der Waals surface area contributed by atoms with E-state index in [4.69, 9.17) is 14.7 Å². The van der Waals surface area contributed by atoms with Crippen LogP contribution in [-0.4, -0.2) is 47.8 Å². The number of nitrogens with zero attached hydrogens (tertiary/aromatic N) is 4. The Morgan fingerprint density at radius 3 is 2.71 bits per heavy atom. The zero-order valence-corrected chi connectivity index (χ0v) is 16.0. The smallest absolute Gasteiger partial charge is 0.167 e. The molecule has 6 nitrogen and oxygen atoms in total. The summed E-state index contributed by atoms with van der Waals surface area (Å²) >= 11 is 0. The molecule has 2 aromatic rings. The number of nitrogens with one attached hydrogen (secondary N) is 1. The second kappa shape index (κ2) is 6.60. The molecular formula is C21H22FN5O. The maximum absolute atomic E-state index is 15.1. The van der Waals surface area contributed by atoms with Crippen molar-refractivity contribution >= 4 is 27.8 Å². The van der Waals surface area contributed by atoms with E-state index < -0.39 is 0 Å². The van der Waals surface area contributed by atoms with Gasteiger partial charge in [0.15, 0.2) is 11.6 Å². The number of anilines is 1. The van der Waals surface area contributed by atoms with Crippen LogP contribution < -0.4 is 15.0 Å². The lowest BCUT2D eigenvalue weighted by Crippen LogP contribution is -2.44. The van der Waals surface area contributed by atoms with Crippen molar-refractivity contribution in [1.29, 1.82) is 0 Å². The van der Waals surface area contributed by atoms with Gasteiger partial charge in [-0.25, -0.2) is 14.4 Å². The Balaban J connectivity index is 1.78. The Morgan fingerprint density at radius 1 is 1.14 bits per heavy atom. The highest BCUT2D eigenvalue weighted by molar-refractivity contribution is 6.06. The van der Waals surface area contributed by atoms with Gasteiger partial charge in [0.2, 0.25) is 0 Å². The minimum absolute atomic E-state index is 0.297. The monoisotopic (exact) mass is 379 g/mol. The van der Waals surface area contributed by atoms with Crippen molar-refractivity contribution in [3.05, 3.63) is 36.3 Å². The summed E-state index contributed by atoms with van der Waals surface area (Å²) in [4.78, 5) is 11.5. The number of piperazine rings is 1. The summed E-state index contributed by atoms with van der Waals surface area (Å²) in [6, 6.07) is 7.41. The van der Waals surface area contributed by atoms with Crippen LogP contribution in [0.1, 0.15) is 6.92 Å². The molecule has 1 N–H and O–H groups in total. The Kier molecular flexibility index (Phi) is 4.05. The molecule has 144 valence electrons. The van der Waals surface area contributed by atoms with Gasteiger partial charge in [-0.2, -0.15) is 0 Å². The lowest BCUT2D eigenvalue weighted by atomic mass is 10.1. The molecule has 0 bridgehead atoms. The van der Waals surface area contributed by atoms with E-state index in [0.29, 0.717) is 5.82 Å². The largest absolute Gasteiger partial charge is 0.497 e. The first-order valence-electron chi connectivity index (χ1n) is 9.62. The summed E-state index contributed by atoms with van der Waals surface area (Å²) in [5.74, 6) is 0.908. The highest BCUT2D eigenvalue weighted by atomic mass is 19.1. The van der Waals surface area contributed by atoms with E-state index in [1.807, 2.05) is 23.1 Å². The number of aryl methyl sites for hydroxylation is 1. The molecule has 0 aliphatic carbocycles. The summed E-state index contributed by atoms with van der Waals surface area (Å²) in [5.41, 5.74) is 3.40. The molecule has 1 aromatic heterocycles. The van der Waals surface area contributed by atoms with Crippen LogP contribution in [0.25, 0.3) is 33.2 Å². The Hall–Kier alpha value is -2.93. The van der Waals surface area contributed by atoms with Gasteiger partial charge in [-0.15, -0.1) is 0 Å². The van der Waals surface area contributed by atoms with Crippen LogP contribution in [0.15, 0.2) is 30.5 Å². The second-order valence-electron chi connectivity index (χ2n) is 7.07. The first-order chi connectivity index (χ1) is 13.7. The number of halogens is 1. The van der Waals surface area contributed by atoms with E-state index in [1.54, 1.807) is 13.2 Å². The molecule has 1 aromatic carbocycles. The second-order valence-corrected chi connectivity index (χ2v) is 7.07. The fraction of sp³-hybridized carbons (Fsp3) is 0.333. The average Bonchev–Trinajstić information content (AvgIpc) is 3.11. The van der Waals surface area contributed by atoms with E-state index in [9.17, 15) is 0 Å². The predicted molar refractivity (Wildman–Crippen MR) is 109 cm³/mol. The van der Waals surface area contributed by atoms with Gasteiger partial charge >= 0.3 is 0 Å². The van der Waals surface area contributed by atoms with Gasteiger partial charge in [-0.1, -0.05) is 0 Å². The molecule has 5 rings (SSSR count). The molecule has 0 amide bonds. The predicted octanol–water partition coefficient (Wildman–Crippen LogP) is 3.27. The summed E-state index contributed by atoms with van der Waals surface area (Å²) in [5, 5.41) is 5.04. The first-order valence-corrected chi connectivity index (χ1v) is 9.62. The number of hydrogen-bond acceptors (Lipinski definition) is 5. The maximum atomic E-state index is 15.1. The first kappa shape index (κ1) is 17.2. The summed E-state index contributed by atoms with van der Waals surface area (Å²) in [6.07, 6.45) is 2.07. The number of fused-ring (bicyclic) bond motifs is 5. The fourth-order valence-electron chi connectivity index (χ4n) is 4.02. The van der Waals surface area contributed by atoms with Crippen molar-refractivity contribution in [2.24, 2.45) is 0 Å². The summed E-state index contributed by atoms with van der Waals surface area (Å²) in [6.45, 7) is 5.99. The number of ether oxygens (including phenoxy) is 1. The molecule has 28 heavy (non-hydrogen) atoms. The lowest BCUT2D eigenvalue weighted by Gasteiger charge is -2.29. The molecule has 1 saturated heterocycles. The summed E-state index contributed by atoms with van der Waals surface area (Å²) < 4.78 is 22.5. The van der Waals surface area contributed by atoms with E-state index in [0.717, 1.165) is 71.7 Å². The van der Waals surface area contributed by atoms with Crippen LogP contribution in [-0.2, 0) is 6.54 Å². The number of hydrogen-bond donors (Lipinski definition) is 1. The van der Waals surface area contributed by atoms with Gasteiger partial charge in [-0.3, -0.25) is 0 Å². The molecular weight excluding hydrogens is 357 g/mol. The summed E-state index contributed by atoms with van der Waals surface area (Å²) in [7, 11) is 1.65. The third-order valence-electron chi connectivity index (χ3n) is 5.49. The zero-order chi connectivity index (χ0) is 19.3. The molecule has 0 unspecified atom stereocenters. The van der Waals surface area contributed by atoms with Gasteiger partial charge in [0.1, 0.15) is 11.4 Å². The third kappa shape index (κ3) is 2.57. The third-order valence-corrected chi connectivity index (χ3v) is 5.49. The molecule has 0 saturated carbocycles. The molecule has 1 fully saturated rings. The molecule has 0 spiro atoms. The molecule has 0 radical (unpaired) electrons. The van der Waals surface area contributed by atoms with E-state index in [-0.39, 0.29) is 5.82 Å². The van der Waals surface area contributed by atoms with Crippen molar-refractivity contribution in [2.45, 2.75) is 13.5 Å². The Labute approximate surface area is 162 Å². The van der Waals surface area contributed by atoms with Crippen molar-refractivity contribution in [1.82, 2.24) is 19.9 Å². The number of aromatic nitrogens is 3. The SMILES string of the molecule is CCn1cc2c3cc(OC)ccc3nc-2c2cc(F)c(N3CCNCC3)nc21. The molecule has 0 atom stereocenters. The van der Waals surface area contributed by atoms with Crippen LogP contribution in [0, 0.1) is 5.82 Å². The van der Waals surface area contributed by atoms with Crippen LogP contribution in [0.2, 0.25) is 0 Å². The van der Waals surface area contributed by atoms with Gasteiger partial charge < -0.3 is 19.5 Å². The van der Waals surface area contributed by atoms with Gasteiger partial charge in [-0.05, 0) is 31.2 Å². The van der Waals surface area contributed by atoms with Gasteiger partial charge in [0, 0.05) is 55.3 Å². The lowest BCUT2D eigenvalue weighted by molar-refractivity contribution is 0.415. The van der Waals surface area contributed by atoms with E-state index >= 15 is 4.39 Å². The minimum atomic E-state index is -0.297. The van der Waals surface area contributed by atoms with Crippen molar-refractivity contribution in [2.75, 3.05) is 38.2 Å². The van der Waals surface area contributed by atoms with Crippen LogP contribution in [0.5, 0.6) is 5.75 Å². The Morgan fingerprint density at radius 2 is 1.96 bits per heavy atom. The van der Waals surface area contributed by atoms with Crippen LogP contribution in [0.3, 0.4) is 0 Å². The molecule has 4 heterocycles. The van der Waals surface area contributed by atoms with Crippen molar-refractivity contribution in [3.63, 3.8) is 0 Å². The Bertz CT molecular complexity index is 1150. The van der Waals surface area contributed by atoms with E-state index in [1.165, 1.54) is 0 Å².